The van der Waals surface area contributed by atoms with Crippen LogP contribution in [-0.4, -0.2) is 38.4 Å². The van der Waals surface area contributed by atoms with Crippen molar-refractivity contribution in [3.05, 3.63) is 42.5 Å². The molecule has 0 saturated heterocycles. The molecular formula is C20H29N5O3. The molecule has 152 valence electrons. The summed E-state index contributed by atoms with van der Waals surface area (Å²) >= 11 is 0. The van der Waals surface area contributed by atoms with Gasteiger partial charge in [-0.15, -0.1) is 0 Å². The van der Waals surface area contributed by atoms with Crippen molar-refractivity contribution in [2.24, 2.45) is 5.92 Å². The molecule has 1 aromatic heterocycles. The number of ether oxygens (including phenoxy) is 1. The average Bonchev–Trinajstić information content (AvgIpc) is 3.12. The molecule has 0 saturated carbocycles. The predicted octanol–water partition coefficient (Wildman–Crippen LogP) is 2.99. The van der Waals surface area contributed by atoms with Crippen molar-refractivity contribution in [3.8, 4) is 5.69 Å². The van der Waals surface area contributed by atoms with Crippen LogP contribution in [0.25, 0.3) is 5.69 Å². The lowest BCUT2D eigenvalue weighted by atomic mass is 10.0. The van der Waals surface area contributed by atoms with Crippen molar-refractivity contribution in [1.82, 2.24) is 25.4 Å². The van der Waals surface area contributed by atoms with E-state index in [1.165, 1.54) is 6.33 Å². The van der Waals surface area contributed by atoms with Gasteiger partial charge in [0.1, 0.15) is 24.3 Å². The first-order chi connectivity index (χ1) is 13.1. The number of carbonyl (C=O) groups is 2. The Morgan fingerprint density at radius 3 is 2.21 bits per heavy atom. The second-order valence-corrected chi connectivity index (χ2v) is 8.03. The summed E-state index contributed by atoms with van der Waals surface area (Å²) < 4.78 is 6.92. The smallest absolute Gasteiger partial charge is 0.408 e. The van der Waals surface area contributed by atoms with Gasteiger partial charge in [-0.3, -0.25) is 4.79 Å². The molecule has 2 unspecified atom stereocenters. The summed E-state index contributed by atoms with van der Waals surface area (Å²) in [4.78, 5) is 28.7. The Morgan fingerprint density at radius 2 is 1.71 bits per heavy atom. The summed E-state index contributed by atoms with van der Waals surface area (Å²) in [5, 5.41) is 9.71. The van der Waals surface area contributed by atoms with Crippen LogP contribution in [0.5, 0.6) is 0 Å². The van der Waals surface area contributed by atoms with E-state index in [4.69, 9.17) is 4.74 Å². The SMILES string of the molecule is CC(NC(=O)C(NC(=O)OC(C)(C)C)C(C)C)c1ccc(-n2cncn2)cc1. The largest absolute Gasteiger partial charge is 0.444 e. The number of benzene rings is 1. The Hall–Kier alpha value is -2.90. The van der Waals surface area contributed by atoms with E-state index < -0.39 is 17.7 Å². The van der Waals surface area contributed by atoms with Gasteiger partial charge in [-0.2, -0.15) is 5.10 Å². The monoisotopic (exact) mass is 387 g/mol. The quantitative estimate of drug-likeness (QED) is 0.794. The normalized spacial score (nSPS) is 13.7. The van der Waals surface area contributed by atoms with Gasteiger partial charge in [-0.1, -0.05) is 26.0 Å². The summed E-state index contributed by atoms with van der Waals surface area (Å²) in [5.41, 5.74) is 1.20. The number of amides is 2. The molecule has 0 aliphatic carbocycles. The first kappa shape index (κ1) is 21.4. The fraction of sp³-hybridized carbons (Fsp3) is 0.500. The van der Waals surface area contributed by atoms with Crippen molar-refractivity contribution in [1.29, 1.82) is 0 Å². The molecule has 8 heteroatoms. The lowest BCUT2D eigenvalue weighted by molar-refractivity contribution is -0.124. The molecule has 2 amide bonds. The van der Waals surface area contributed by atoms with E-state index in [1.807, 2.05) is 45.0 Å². The van der Waals surface area contributed by atoms with E-state index in [0.29, 0.717) is 0 Å². The maximum absolute atomic E-state index is 12.7. The van der Waals surface area contributed by atoms with Gasteiger partial charge in [-0.25, -0.2) is 14.5 Å². The van der Waals surface area contributed by atoms with Crippen LogP contribution in [-0.2, 0) is 9.53 Å². The topological polar surface area (TPSA) is 98.1 Å². The van der Waals surface area contributed by atoms with Gasteiger partial charge in [0, 0.05) is 0 Å². The number of nitrogens with zero attached hydrogens (tertiary/aromatic N) is 3. The lowest BCUT2D eigenvalue weighted by Crippen LogP contribution is -2.51. The number of alkyl carbamates (subject to hydrolysis) is 1. The van der Waals surface area contributed by atoms with Crippen molar-refractivity contribution < 1.29 is 14.3 Å². The Kier molecular flexibility index (Phi) is 6.77. The van der Waals surface area contributed by atoms with Crippen LogP contribution in [0.3, 0.4) is 0 Å². The highest BCUT2D eigenvalue weighted by molar-refractivity contribution is 5.86. The van der Waals surface area contributed by atoms with Crippen LogP contribution in [0.1, 0.15) is 53.1 Å². The lowest BCUT2D eigenvalue weighted by Gasteiger charge is -2.26. The molecule has 2 atom stereocenters. The van der Waals surface area contributed by atoms with Gasteiger partial charge in [0.15, 0.2) is 0 Å². The molecule has 0 fully saturated rings. The molecule has 2 aromatic rings. The van der Waals surface area contributed by atoms with Crippen molar-refractivity contribution in [2.75, 3.05) is 0 Å². The molecular weight excluding hydrogens is 358 g/mol. The van der Waals surface area contributed by atoms with Crippen LogP contribution in [0.15, 0.2) is 36.9 Å². The second-order valence-electron chi connectivity index (χ2n) is 8.03. The average molecular weight is 387 g/mol. The van der Waals surface area contributed by atoms with Crippen LogP contribution in [0.2, 0.25) is 0 Å². The molecule has 0 radical (unpaired) electrons. The molecule has 1 heterocycles. The van der Waals surface area contributed by atoms with Gasteiger partial charge in [0.2, 0.25) is 5.91 Å². The summed E-state index contributed by atoms with van der Waals surface area (Å²) in [7, 11) is 0. The van der Waals surface area contributed by atoms with Crippen LogP contribution >= 0.6 is 0 Å². The number of hydrogen-bond donors (Lipinski definition) is 2. The minimum atomic E-state index is -0.688. The number of nitrogens with one attached hydrogen (secondary N) is 2. The van der Waals surface area contributed by atoms with E-state index in [2.05, 4.69) is 20.7 Å². The molecule has 0 bridgehead atoms. The maximum Gasteiger partial charge on any atom is 0.408 e. The minimum Gasteiger partial charge on any atom is -0.444 e. The highest BCUT2D eigenvalue weighted by Gasteiger charge is 2.27. The summed E-state index contributed by atoms with van der Waals surface area (Å²) in [6.45, 7) is 11.0. The number of carbonyl (C=O) groups excluding carboxylic acids is 2. The first-order valence-electron chi connectivity index (χ1n) is 9.31. The molecule has 0 aliphatic rings. The van der Waals surface area contributed by atoms with Gasteiger partial charge in [0.25, 0.3) is 0 Å². The molecule has 8 nitrogen and oxygen atoms in total. The van der Waals surface area contributed by atoms with Crippen molar-refractivity contribution >= 4 is 12.0 Å². The van der Waals surface area contributed by atoms with Gasteiger partial charge in [-0.05, 0) is 51.3 Å². The van der Waals surface area contributed by atoms with E-state index in [1.54, 1.807) is 31.8 Å². The Labute approximate surface area is 165 Å². The van der Waals surface area contributed by atoms with Gasteiger partial charge < -0.3 is 15.4 Å². The Balaban J connectivity index is 2.01. The van der Waals surface area contributed by atoms with Crippen molar-refractivity contribution in [3.63, 3.8) is 0 Å². The minimum absolute atomic E-state index is 0.0885. The number of hydrogen-bond acceptors (Lipinski definition) is 5. The number of rotatable bonds is 6. The van der Waals surface area contributed by atoms with E-state index in [9.17, 15) is 9.59 Å². The fourth-order valence-corrected chi connectivity index (χ4v) is 2.61. The van der Waals surface area contributed by atoms with Crippen LogP contribution in [0.4, 0.5) is 4.79 Å². The van der Waals surface area contributed by atoms with Crippen LogP contribution < -0.4 is 10.6 Å². The standard InChI is InChI=1S/C20H29N5O3/c1-13(2)17(24-19(27)28-20(4,5)6)18(26)23-14(3)15-7-9-16(10-8-15)25-12-21-11-22-25/h7-14,17H,1-6H3,(H,23,26)(H,24,27). The third-order valence-electron chi connectivity index (χ3n) is 4.06. The highest BCUT2D eigenvalue weighted by atomic mass is 16.6. The summed E-state index contributed by atoms with van der Waals surface area (Å²) in [5.74, 6) is -0.344. The highest BCUT2D eigenvalue weighted by Crippen LogP contribution is 2.16. The zero-order valence-corrected chi connectivity index (χ0v) is 17.3. The molecule has 28 heavy (non-hydrogen) atoms. The molecule has 0 aliphatic heterocycles. The zero-order valence-electron chi connectivity index (χ0n) is 17.3. The van der Waals surface area contributed by atoms with Crippen LogP contribution in [0, 0.1) is 5.92 Å². The first-order valence-corrected chi connectivity index (χ1v) is 9.31. The number of aromatic nitrogens is 3. The van der Waals surface area contributed by atoms with E-state index in [0.717, 1.165) is 11.3 Å². The Morgan fingerprint density at radius 1 is 1.07 bits per heavy atom. The summed E-state index contributed by atoms with van der Waals surface area (Å²) in [6, 6.07) is 6.75. The molecule has 2 rings (SSSR count). The molecule has 0 spiro atoms. The zero-order chi connectivity index (χ0) is 20.9. The van der Waals surface area contributed by atoms with E-state index in [-0.39, 0.29) is 17.9 Å². The third-order valence-corrected chi connectivity index (χ3v) is 4.06. The van der Waals surface area contributed by atoms with E-state index >= 15 is 0 Å². The van der Waals surface area contributed by atoms with Crippen molar-refractivity contribution in [2.45, 2.75) is 59.2 Å². The third kappa shape index (κ3) is 6.07. The van der Waals surface area contributed by atoms with Gasteiger partial charge >= 0.3 is 6.09 Å². The molecule has 1 aromatic carbocycles. The maximum atomic E-state index is 12.7. The second kappa shape index (κ2) is 8.86. The van der Waals surface area contributed by atoms with Gasteiger partial charge in [0.05, 0.1) is 11.7 Å². The molecule has 2 N–H and O–H groups in total. The predicted molar refractivity (Wildman–Crippen MR) is 106 cm³/mol. The Bertz CT molecular complexity index is 779. The summed E-state index contributed by atoms with van der Waals surface area (Å²) in [6.07, 6.45) is 2.49. The fourth-order valence-electron chi connectivity index (χ4n) is 2.61.